The molecule has 0 radical (unpaired) electrons. The van der Waals surface area contributed by atoms with Crippen molar-refractivity contribution in [3.05, 3.63) is 35.8 Å². The maximum absolute atomic E-state index is 6.80. The summed E-state index contributed by atoms with van der Waals surface area (Å²) in [7, 11) is 0. The molecule has 0 fully saturated rings. The number of allylic oxidation sites excluding steroid dienone is 5. The largest absolute Gasteiger partial charge is 0.497 e. The molecule has 0 aromatic heterocycles. The van der Waals surface area contributed by atoms with Crippen LogP contribution >= 0.6 is 0 Å². The van der Waals surface area contributed by atoms with Gasteiger partial charge < -0.3 is 9.47 Å². The zero-order valence-corrected chi connectivity index (χ0v) is 30.7. The molecule has 0 aromatic rings. The minimum atomic E-state index is 0.481. The van der Waals surface area contributed by atoms with Gasteiger partial charge in [-0.3, -0.25) is 0 Å². The highest BCUT2D eigenvalue weighted by atomic mass is 16.5. The summed E-state index contributed by atoms with van der Waals surface area (Å²) in [5, 5.41) is 0. The van der Waals surface area contributed by atoms with Gasteiger partial charge in [0.2, 0.25) is 0 Å². The molecule has 2 nitrogen and oxygen atoms in total. The molecule has 1 aliphatic carbocycles. The quantitative estimate of drug-likeness (QED) is 0.0554. The zero-order chi connectivity index (χ0) is 32.1. The number of ether oxygens (including phenoxy) is 2. The van der Waals surface area contributed by atoms with Gasteiger partial charge in [0.1, 0.15) is 0 Å². The van der Waals surface area contributed by atoms with Gasteiger partial charge in [-0.15, -0.1) is 6.58 Å². The van der Waals surface area contributed by atoms with Crippen molar-refractivity contribution < 1.29 is 9.47 Å². The monoisotopic (exact) mass is 615 g/mol. The van der Waals surface area contributed by atoms with Crippen molar-refractivity contribution in [3.63, 3.8) is 0 Å². The normalized spacial score (nSPS) is 16.6. The third kappa shape index (κ3) is 20.0. The van der Waals surface area contributed by atoms with E-state index in [4.69, 9.17) is 9.47 Å². The Morgan fingerprint density at radius 3 is 1.75 bits per heavy atom. The Labute approximate surface area is 277 Å². The fraction of sp³-hybridized carbons (Fsp3) is 0.857. The summed E-state index contributed by atoms with van der Waals surface area (Å²) in [6.45, 7) is 17.2. The molecule has 0 saturated carbocycles. The van der Waals surface area contributed by atoms with Gasteiger partial charge in [0.15, 0.2) is 0 Å². The minimum absolute atomic E-state index is 0.481. The van der Waals surface area contributed by atoms with Crippen LogP contribution in [0.1, 0.15) is 202 Å². The average Bonchev–Trinajstić information content (AvgIpc) is 3.04. The van der Waals surface area contributed by atoms with Gasteiger partial charge in [-0.2, -0.15) is 0 Å². The Hall–Kier alpha value is -1.18. The van der Waals surface area contributed by atoms with Gasteiger partial charge in [0, 0.05) is 12.3 Å². The first-order valence-electron chi connectivity index (χ1n) is 19.9. The zero-order valence-electron chi connectivity index (χ0n) is 30.7. The fourth-order valence-corrected chi connectivity index (χ4v) is 6.66. The first-order valence-corrected chi connectivity index (χ1v) is 19.9. The van der Waals surface area contributed by atoms with Crippen LogP contribution < -0.4 is 0 Å². The van der Waals surface area contributed by atoms with E-state index in [1.165, 1.54) is 171 Å². The average molecular weight is 615 g/mol. The molecule has 44 heavy (non-hydrogen) atoms. The van der Waals surface area contributed by atoms with Gasteiger partial charge in [-0.1, -0.05) is 156 Å². The summed E-state index contributed by atoms with van der Waals surface area (Å²) < 4.78 is 13.6. The lowest BCUT2D eigenvalue weighted by Gasteiger charge is -2.30. The van der Waals surface area contributed by atoms with Gasteiger partial charge in [0.05, 0.1) is 24.7 Å². The number of rotatable bonds is 32. The smallest absolute Gasteiger partial charge is 0.1000 e. The summed E-state index contributed by atoms with van der Waals surface area (Å²) >= 11 is 0. The summed E-state index contributed by atoms with van der Waals surface area (Å²) in [5.74, 6) is 4.43. The van der Waals surface area contributed by atoms with E-state index < -0.39 is 0 Å². The van der Waals surface area contributed by atoms with E-state index in [1.807, 2.05) is 0 Å². The van der Waals surface area contributed by atoms with Gasteiger partial charge >= 0.3 is 0 Å². The van der Waals surface area contributed by atoms with Gasteiger partial charge in [-0.25, -0.2) is 0 Å². The maximum atomic E-state index is 6.80. The van der Waals surface area contributed by atoms with Crippen LogP contribution in [0.15, 0.2) is 35.8 Å². The predicted octanol–water partition coefficient (Wildman–Crippen LogP) is 14.4. The first-order chi connectivity index (χ1) is 21.6. The number of unbranched alkanes of at least 4 members (excludes halogenated alkanes) is 15. The highest BCUT2D eigenvalue weighted by Gasteiger charge is 2.27. The first kappa shape index (κ1) is 40.8. The molecule has 3 atom stereocenters. The highest BCUT2D eigenvalue weighted by molar-refractivity contribution is 5.31. The Morgan fingerprint density at radius 1 is 0.659 bits per heavy atom. The molecule has 0 saturated heterocycles. The number of hydrogen-bond donors (Lipinski definition) is 0. The van der Waals surface area contributed by atoms with E-state index in [-0.39, 0.29) is 0 Å². The van der Waals surface area contributed by atoms with Crippen LogP contribution in [0.5, 0.6) is 0 Å². The lowest BCUT2D eigenvalue weighted by Crippen LogP contribution is -2.20. The molecular weight excluding hydrogens is 536 g/mol. The van der Waals surface area contributed by atoms with Crippen molar-refractivity contribution in [2.45, 2.75) is 202 Å². The fourth-order valence-electron chi connectivity index (χ4n) is 6.66. The molecule has 0 N–H and O–H groups in total. The van der Waals surface area contributed by atoms with Crippen LogP contribution in [-0.2, 0) is 9.47 Å². The van der Waals surface area contributed by atoms with Crippen LogP contribution in [0, 0.1) is 17.8 Å². The Bertz CT molecular complexity index is 719. The second-order valence-corrected chi connectivity index (χ2v) is 14.1. The molecule has 0 aromatic carbocycles. The van der Waals surface area contributed by atoms with Crippen LogP contribution in [0.2, 0.25) is 0 Å². The summed E-state index contributed by atoms with van der Waals surface area (Å²) in [4.78, 5) is 0. The van der Waals surface area contributed by atoms with Crippen molar-refractivity contribution in [2.75, 3.05) is 13.2 Å². The summed E-state index contributed by atoms with van der Waals surface area (Å²) in [6.07, 6.45) is 38.3. The lowest BCUT2D eigenvalue weighted by molar-refractivity contribution is 0.104. The van der Waals surface area contributed by atoms with E-state index >= 15 is 0 Å². The molecule has 0 bridgehead atoms. The molecular formula is C42H78O2. The van der Waals surface area contributed by atoms with Crippen molar-refractivity contribution >= 4 is 0 Å². The molecule has 1 aliphatic rings. The minimum Gasteiger partial charge on any atom is -0.497 e. The third-order valence-corrected chi connectivity index (χ3v) is 10.1. The second kappa shape index (κ2) is 29.2. The van der Waals surface area contributed by atoms with E-state index in [0.29, 0.717) is 17.8 Å². The van der Waals surface area contributed by atoms with Crippen LogP contribution in [0.3, 0.4) is 0 Å². The van der Waals surface area contributed by atoms with E-state index in [2.05, 4.69) is 53.3 Å². The van der Waals surface area contributed by atoms with Crippen LogP contribution in [0.4, 0.5) is 0 Å². The van der Waals surface area contributed by atoms with Crippen LogP contribution in [-0.4, -0.2) is 13.2 Å². The van der Waals surface area contributed by atoms with Gasteiger partial charge in [-0.05, 0) is 68.4 Å². The molecule has 2 heteroatoms. The van der Waals surface area contributed by atoms with Crippen LogP contribution in [0.25, 0.3) is 0 Å². The van der Waals surface area contributed by atoms with Crippen molar-refractivity contribution in [1.29, 1.82) is 0 Å². The predicted molar refractivity (Wildman–Crippen MR) is 196 cm³/mol. The lowest BCUT2D eigenvalue weighted by atomic mass is 9.86. The Morgan fingerprint density at radius 2 is 1.18 bits per heavy atom. The highest BCUT2D eigenvalue weighted by Crippen LogP contribution is 2.37. The van der Waals surface area contributed by atoms with E-state index in [9.17, 15) is 0 Å². The molecule has 1 rings (SSSR count). The van der Waals surface area contributed by atoms with Crippen molar-refractivity contribution in [1.82, 2.24) is 0 Å². The SMILES string of the molecule is C=CCCCCCCCCCC1CC(OCC(CC)CCCC)=C(CCCCCCCCC)C=C1OCC(CC)CCCC. The van der Waals surface area contributed by atoms with E-state index in [1.54, 1.807) is 0 Å². The van der Waals surface area contributed by atoms with Crippen molar-refractivity contribution in [2.24, 2.45) is 17.8 Å². The Kier molecular flexibility index (Phi) is 27.1. The van der Waals surface area contributed by atoms with Crippen molar-refractivity contribution in [3.8, 4) is 0 Å². The third-order valence-electron chi connectivity index (χ3n) is 10.1. The summed E-state index contributed by atoms with van der Waals surface area (Å²) in [6, 6.07) is 0. The second-order valence-electron chi connectivity index (χ2n) is 14.1. The standard InChI is InChI=1S/C42H78O2/c1-7-13-17-19-21-22-24-26-28-32-40-34-41(43-35-37(11-5)29-15-9-3)39(31-27-25-23-20-18-14-8-2)33-42(40)44-36-38(12-6)30-16-10-4/h7,33,37-38,40H,1,8-32,34-36H2,2-6H3. The van der Waals surface area contributed by atoms with E-state index in [0.717, 1.165) is 26.1 Å². The molecule has 3 unspecified atom stereocenters. The topological polar surface area (TPSA) is 18.5 Å². The Balaban J connectivity index is 2.94. The molecule has 0 amide bonds. The molecule has 0 heterocycles. The number of hydrogen-bond acceptors (Lipinski definition) is 2. The molecule has 0 spiro atoms. The molecule has 0 aliphatic heterocycles. The maximum Gasteiger partial charge on any atom is 0.1000 e. The van der Waals surface area contributed by atoms with Gasteiger partial charge in [0.25, 0.3) is 0 Å². The molecule has 258 valence electrons. The summed E-state index contributed by atoms with van der Waals surface area (Å²) in [5.41, 5.74) is 1.45.